The maximum atomic E-state index is 10.1. The van der Waals surface area contributed by atoms with Crippen molar-refractivity contribution in [3.05, 3.63) is 47.6 Å². The van der Waals surface area contributed by atoms with E-state index in [1.165, 1.54) is 12.0 Å². The standard InChI is InChI=1S/C14H19N3O2/c1-10(2)11-3-5-12(6-4-11)13(18)7-15-8-14-16-9-19-17-14/h3-6,9-10,13,15,18H,7-8H2,1-2H3. The van der Waals surface area contributed by atoms with E-state index in [2.05, 4.69) is 46.0 Å². The van der Waals surface area contributed by atoms with Crippen LogP contribution in [0.1, 0.15) is 42.8 Å². The molecule has 0 saturated heterocycles. The van der Waals surface area contributed by atoms with E-state index in [-0.39, 0.29) is 0 Å². The average molecular weight is 261 g/mol. The van der Waals surface area contributed by atoms with Crippen molar-refractivity contribution in [2.45, 2.75) is 32.4 Å². The third kappa shape index (κ3) is 3.87. The van der Waals surface area contributed by atoms with Gasteiger partial charge in [-0.3, -0.25) is 0 Å². The Balaban J connectivity index is 1.83. The summed E-state index contributed by atoms with van der Waals surface area (Å²) in [4.78, 5) is 3.89. The SMILES string of the molecule is CC(C)c1ccc(C(O)CNCc2ncon2)cc1. The molecule has 19 heavy (non-hydrogen) atoms. The largest absolute Gasteiger partial charge is 0.387 e. The zero-order valence-electron chi connectivity index (χ0n) is 11.2. The average Bonchev–Trinajstić information content (AvgIpc) is 2.92. The van der Waals surface area contributed by atoms with Crippen molar-refractivity contribution >= 4 is 0 Å². The molecule has 1 atom stereocenters. The fourth-order valence-corrected chi connectivity index (χ4v) is 1.81. The molecule has 0 saturated carbocycles. The number of benzene rings is 1. The van der Waals surface area contributed by atoms with Gasteiger partial charge in [-0.25, -0.2) is 0 Å². The molecule has 2 aromatic rings. The second-order valence-electron chi connectivity index (χ2n) is 4.82. The maximum absolute atomic E-state index is 10.1. The maximum Gasteiger partial charge on any atom is 0.213 e. The van der Waals surface area contributed by atoms with Crippen LogP contribution in [0.4, 0.5) is 0 Å². The van der Waals surface area contributed by atoms with Crippen molar-refractivity contribution in [1.29, 1.82) is 0 Å². The predicted octanol–water partition coefficient (Wildman–Crippen LogP) is 2.02. The quantitative estimate of drug-likeness (QED) is 0.832. The molecule has 1 aromatic carbocycles. The van der Waals surface area contributed by atoms with Gasteiger partial charge in [-0.15, -0.1) is 0 Å². The topological polar surface area (TPSA) is 71.2 Å². The van der Waals surface area contributed by atoms with Crippen LogP contribution in [-0.2, 0) is 6.54 Å². The minimum atomic E-state index is -0.534. The Kier molecular flexibility index (Phi) is 4.65. The van der Waals surface area contributed by atoms with Gasteiger partial charge in [-0.05, 0) is 17.0 Å². The smallest absolute Gasteiger partial charge is 0.213 e. The summed E-state index contributed by atoms with van der Waals surface area (Å²) in [5.41, 5.74) is 2.18. The lowest BCUT2D eigenvalue weighted by atomic mass is 10.00. The molecule has 2 rings (SSSR count). The zero-order chi connectivity index (χ0) is 13.7. The van der Waals surface area contributed by atoms with Crippen molar-refractivity contribution in [3.8, 4) is 0 Å². The van der Waals surface area contributed by atoms with E-state index in [9.17, 15) is 5.11 Å². The van der Waals surface area contributed by atoms with Crippen LogP contribution in [0.25, 0.3) is 0 Å². The van der Waals surface area contributed by atoms with Crippen molar-refractivity contribution in [1.82, 2.24) is 15.5 Å². The van der Waals surface area contributed by atoms with E-state index in [1.54, 1.807) is 0 Å². The van der Waals surface area contributed by atoms with E-state index in [4.69, 9.17) is 0 Å². The molecular weight excluding hydrogens is 242 g/mol. The van der Waals surface area contributed by atoms with Crippen LogP contribution in [0.3, 0.4) is 0 Å². The number of nitrogens with one attached hydrogen (secondary N) is 1. The summed E-state index contributed by atoms with van der Waals surface area (Å²) in [5, 5.41) is 16.8. The van der Waals surface area contributed by atoms with Gasteiger partial charge in [-0.1, -0.05) is 43.3 Å². The van der Waals surface area contributed by atoms with Gasteiger partial charge in [0.2, 0.25) is 6.39 Å². The Morgan fingerprint density at radius 2 is 1.89 bits per heavy atom. The molecule has 1 unspecified atom stereocenters. The van der Waals surface area contributed by atoms with E-state index < -0.39 is 6.10 Å². The van der Waals surface area contributed by atoms with Crippen LogP contribution >= 0.6 is 0 Å². The summed E-state index contributed by atoms with van der Waals surface area (Å²) < 4.78 is 4.63. The highest BCUT2D eigenvalue weighted by Gasteiger charge is 2.08. The minimum absolute atomic E-state index is 0.454. The number of rotatable bonds is 6. The molecule has 5 heteroatoms. The molecule has 2 N–H and O–H groups in total. The van der Waals surface area contributed by atoms with Crippen LogP contribution < -0.4 is 5.32 Å². The zero-order valence-corrected chi connectivity index (χ0v) is 11.2. The Labute approximate surface area is 112 Å². The van der Waals surface area contributed by atoms with Gasteiger partial charge in [0.1, 0.15) is 0 Å². The molecule has 1 heterocycles. The van der Waals surface area contributed by atoms with Crippen LogP contribution in [0.5, 0.6) is 0 Å². The number of hydrogen-bond donors (Lipinski definition) is 2. The summed E-state index contributed by atoms with van der Waals surface area (Å²) in [6.45, 7) is 5.24. The van der Waals surface area contributed by atoms with Crippen LogP contribution in [0, 0.1) is 0 Å². The molecule has 0 aliphatic carbocycles. The van der Waals surface area contributed by atoms with Crippen molar-refractivity contribution in [3.63, 3.8) is 0 Å². The summed E-state index contributed by atoms with van der Waals surface area (Å²) in [5.74, 6) is 1.09. The molecule has 0 spiro atoms. The first kappa shape index (κ1) is 13.7. The number of hydrogen-bond acceptors (Lipinski definition) is 5. The Bertz CT molecular complexity index is 480. The second-order valence-corrected chi connectivity index (χ2v) is 4.82. The summed E-state index contributed by atoms with van der Waals surface area (Å²) in [6.07, 6.45) is 0.756. The van der Waals surface area contributed by atoms with Crippen molar-refractivity contribution < 1.29 is 9.63 Å². The summed E-state index contributed by atoms with van der Waals surface area (Å²) >= 11 is 0. The van der Waals surface area contributed by atoms with Crippen LogP contribution in [0.2, 0.25) is 0 Å². The Morgan fingerprint density at radius 1 is 1.21 bits per heavy atom. The highest BCUT2D eigenvalue weighted by atomic mass is 16.5. The normalized spacial score (nSPS) is 12.8. The lowest BCUT2D eigenvalue weighted by molar-refractivity contribution is 0.174. The predicted molar refractivity (Wildman–Crippen MR) is 71.5 cm³/mol. The molecule has 0 aliphatic rings. The molecule has 0 fully saturated rings. The van der Waals surface area contributed by atoms with Crippen LogP contribution in [0.15, 0.2) is 35.2 Å². The molecule has 0 bridgehead atoms. The van der Waals surface area contributed by atoms with Gasteiger partial charge in [0, 0.05) is 6.54 Å². The second kappa shape index (κ2) is 6.45. The van der Waals surface area contributed by atoms with Gasteiger partial charge < -0.3 is 14.9 Å². The first-order chi connectivity index (χ1) is 9.16. The highest BCUT2D eigenvalue weighted by molar-refractivity contribution is 5.26. The Morgan fingerprint density at radius 3 is 2.47 bits per heavy atom. The fraction of sp³-hybridized carbons (Fsp3) is 0.429. The monoisotopic (exact) mass is 261 g/mol. The fourth-order valence-electron chi connectivity index (χ4n) is 1.81. The first-order valence-corrected chi connectivity index (χ1v) is 6.40. The third-order valence-electron chi connectivity index (χ3n) is 3.02. The number of aromatic nitrogens is 2. The molecule has 0 amide bonds. The number of aliphatic hydroxyl groups is 1. The summed E-state index contributed by atoms with van der Waals surface area (Å²) in [7, 11) is 0. The molecule has 102 valence electrons. The minimum Gasteiger partial charge on any atom is -0.387 e. The van der Waals surface area contributed by atoms with Crippen molar-refractivity contribution in [2.75, 3.05) is 6.54 Å². The number of nitrogens with zero attached hydrogens (tertiary/aromatic N) is 2. The van der Waals surface area contributed by atoms with Crippen molar-refractivity contribution in [2.24, 2.45) is 0 Å². The lowest BCUT2D eigenvalue weighted by Crippen LogP contribution is -2.21. The van der Waals surface area contributed by atoms with Gasteiger partial charge in [0.15, 0.2) is 5.82 Å². The van der Waals surface area contributed by atoms with E-state index in [1.807, 2.05) is 12.1 Å². The first-order valence-electron chi connectivity index (χ1n) is 6.40. The van der Waals surface area contributed by atoms with Gasteiger partial charge in [-0.2, -0.15) is 4.98 Å². The lowest BCUT2D eigenvalue weighted by Gasteiger charge is -2.13. The van der Waals surface area contributed by atoms with E-state index in [0.717, 1.165) is 5.56 Å². The number of aliphatic hydroxyl groups excluding tert-OH is 1. The molecule has 5 nitrogen and oxygen atoms in total. The van der Waals surface area contributed by atoms with Gasteiger partial charge in [0.25, 0.3) is 0 Å². The highest BCUT2D eigenvalue weighted by Crippen LogP contribution is 2.18. The molecule has 1 aromatic heterocycles. The van der Waals surface area contributed by atoms with Gasteiger partial charge >= 0.3 is 0 Å². The van der Waals surface area contributed by atoms with Crippen LogP contribution in [-0.4, -0.2) is 21.8 Å². The van der Waals surface area contributed by atoms with E-state index >= 15 is 0 Å². The summed E-state index contributed by atoms with van der Waals surface area (Å²) in [6, 6.07) is 8.05. The van der Waals surface area contributed by atoms with E-state index in [0.29, 0.717) is 24.8 Å². The molecular formula is C14H19N3O2. The third-order valence-corrected chi connectivity index (χ3v) is 3.02. The molecule has 0 aliphatic heterocycles. The molecule has 0 radical (unpaired) electrons. The van der Waals surface area contributed by atoms with Gasteiger partial charge in [0.05, 0.1) is 12.6 Å². The Hall–Kier alpha value is -1.72.